The average molecular weight is 298 g/mol. The molecule has 0 aliphatic rings. The quantitative estimate of drug-likeness (QED) is 0.821. The van der Waals surface area contributed by atoms with Gasteiger partial charge in [0, 0.05) is 13.1 Å². The summed E-state index contributed by atoms with van der Waals surface area (Å²) in [4.78, 5) is 11.7. The first kappa shape index (κ1) is 16.5. The van der Waals surface area contributed by atoms with E-state index in [2.05, 4.69) is 10.6 Å². The van der Waals surface area contributed by atoms with Crippen LogP contribution >= 0.6 is 35.6 Å². The molecule has 0 bridgehead atoms. The Balaban J connectivity index is 0.00000256. The van der Waals surface area contributed by atoms with Crippen molar-refractivity contribution in [1.82, 2.24) is 10.6 Å². The Morgan fingerprint density at radius 2 is 2.00 bits per heavy atom. The number of hydrogen-bond donors (Lipinski definition) is 2. The highest BCUT2D eigenvalue weighted by molar-refractivity contribution is 6.43. The lowest BCUT2D eigenvalue weighted by Crippen LogP contribution is -2.31. The number of likely N-dealkylation sites (N-methyl/N-ethyl adjacent to an activating group) is 1. The van der Waals surface area contributed by atoms with Crippen LogP contribution in [0, 0.1) is 0 Å². The third-order valence-corrected chi connectivity index (χ3v) is 2.85. The number of carbonyl (C=O) groups is 1. The molecule has 1 aromatic rings. The summed E-state index contributed by atoms with van der Waals surface area (Å²) >= 11 is 11.7. The molecule has 0 spiro atoms. The van der Waals surface area contributed by atoms with Crippen LogP contribution in [0.4, 0.5) is 0 Å². The van der Waals surface area contributed by atoms with E-state index < -0.39 is 0 Å². The zero-order valence-electron chi connectivity index (χ0n) is 9.43. The second-order valence-corrected chi connectivity index (χ2v) is 4.00. The first-order valence-corrected chi connectivity index (χ1v) is 5.85. The standard InChI is InChI=1S/C11H14Cl2N2O.ClH/c1-2-14-6-7-15-11(16)8-4-3-5-9(12)10(8)13;/h3-5,14H,2,6-7H2,1H3,(H,15,16);1H. The van der Waals surface area contributed by atoms with Crippen molar-refractivity contribution in [2.75, 3.05) is 19.6 Å². The Labute approximate surface area is 117 Å². The van der Waals surface area contributed by atoms with Crippen molar-refractivity contribution < 1.29 is 4.79 Å². The number of carbonyl (C=O) groups excluding carboxylic acids is 1. The molecule has 1 rings (SSSR count). The highest BCUT2D eigenvalue weighted by atomic mass is 35.5. The van der Waals surface area contributed by atoms with Crippen molar-refractivity contribution in [3.8, 4) is 0 Å². The molecule has 1 amide bonds. The monoisotopic (exact) mass is 296 g/mol. The summed E-state index contributed by atoms with van der Waals surface area (Å²) in [5.41, 5.74) is 0.408. The van der Waals surface area contributed by atoms with E-state index in [0.29, 0.717) is 22.2 Å². The van der Waals surface area contributed by atoms with Crippen molar-refractivity contribution in [3.05, 3.63) is 33.8 Å². The molecule has 0 saturated carbocycles. The minimum absolute atomic E-state index is 0. The molecule has 0 fully saturated rings. The van der Waals surface area contributed by atoms with Crippen molar-refractivity contribution in [2.45, 2.75) is 6.92 Å². The maximum atomic E-state index is 11.7. The summed E-state index contributed by atoms with van der Waals surface area (Å²) in [6.07, 6.45) is 0. The summed E-state index contributed by atoms with van der Waals surface area (Å²) < 4.78 is 0. The third-order valence-electron chi connectivity index (χ3n) is 2.03. The van der Waals surface area contributed by atoms with Gasteiger partial charge >= 0.3 is 0 Å². The van der Waals surface area contributed by atoms with Gasteiger partial charge in [0.1, 0.15) is 0 Å². The van der Waals surface area contributed by atoms with Gasteiger partial charge in [-0.3, -0.25) is 4.79 Å². The van der Waals surface area contributed by atoms with Gasteiger partial charge in [-0.25, -0.2) is 0 Å². The van der Waals surface area contributed by atoms with Gasteiger partial charge in [-0.05, 0) is 18.7 Å². The Morgan fingerprint density at radius 1 is 1.29 bits per heavy atom. The lowest BCUT2D eigenvalue weighted by atomic mass is 10.2. The van der Waals surface area contributed by atoms with Crippen LogP contribution in [0.15, 0.2) is 18.2 Å². The van der Waals surface area contributed by atoms with Crippen LogP contribution in [0.5, 0.6) is 0 Å². The largest absolute Gasteiger partial charge is 0.351 e. The van der Waals surface area contributed by atoms with Gasteiger partial charge in [-0.1, -0.05) is 36.2 Å². The van der Waals surface area contributed by atoms with Crippen LogP contribution in [0.3, 0.4) is 0 Å². The van der Waals surface area contributed by atoms with E-state index in [1.54, 1.807) is 18.2 Å². The van der Waals surface area contributed by atoms with Crippen molar-refractivity contribution in [2.24, 2.45) is 0 Å². The predicted octanol–water partition coefficient (Wildman–Crippen LogP) is 2.75. The molecule has 17 heavy (non-hydrogen) atoms. The second kappa shape index (κ2) is 8.59. The molecule has 0 aliphatic carbocycles. The van der Waals surface area contributed by atoms with Crippen LogP contribution < -0.4 is 10.6 Å². The van der Waals surface area contributed by atoms with Gasteiger partial charge in [0.25, 0.3) is 5.91 Å². The normalized spacial score (nSPS) is 9.59. The fourth-order valence-electron chi connectivity index (χ4n) is 1.22. The molecule has 0 unspecified atom stereocenters. The maximum Gasteiger partial charge on any atom is 0.252 e. The summed E-state index contributed by atoms with van der Waals surface area (Å²) in [5, 5.41) is 6.55. The van der Waals surface area contributed by atoms with Gasteiger partial charge in [-0.15, -0.1) is 12.4 Å². The Kier molecular flexibility index (Phi) is 8.35. The highest BCUT2D eigenvalue weighted by Gasteiger charge is 2.11. The van der Waals surface area contributed by atoms with Crippen LogP contribution in [-0.4, -0.2) is 25.5 Å². The number of amides is 1. The zero-order chi connectivity index (χ0) is 12.0. The smallest absolute Gasteiger partial charge is 0.252 e. The van der Waals surface area contributed by atoms with Crippen molar-refractivity contribution in [3.63, 3.8) is 0 Å². The number of hydrogen-bond acceptors (Lipinski definition) is 2. The highest BCUT2D eigenvalue weighted by Crippen LogP contribution is 2.25. The van der Waals surface area contributed by atoms with E-state index in [1.807, 2.05) is 6.92 Å². The maximum absolute atomic E-state index is 11.7. The zero-order valence-corrected chi connectivity index (χ0v) is 11.8. The predicted molar refractivity (Wildman–Crippen MR) is 74.6 cm³/mol. The van der Waals surface area contributed by atoms with E-state index in [-0.39, 0.29) is 18.3 Å². The van der Waals surface area contributed by atoms with Crippen LogP contribution in [0.1, 0.15) is 17.3 Å². The van der Waals surface area contributed by atoms with E-state index in [4.69, 9.17) is 23.2 Å². The van der Waals surface area contributed by atoms with Gasteiger partial charge < -0.3 is 10.6 Å². The molecule has 2 N–H and O–H groups in total. The Bertz CT molecular complexity index is 372. The first-order valence-electron chi connectivity index (χ1n) is 5.09. The molecule has 0 aromatic heterocycles. The molecule has 0 heterocycles. The van der Waals surface area contributed by atoms with Gasteiger partial charge in [0.05, 0.1) is 15.6 Å². The van der Waals surface area contributed by atoms with E-state index in [1.165, 1.54) is 0 Å². The number of halogens is 3. The average Bonchev–Trinajstić information content (AvgIpc) is 2.28. The fourth-order valence-corrected chi connectivity index (χ4v) is 1.60. The summed E-state index contributed by atoms with van der Waals surface area (Å²) in [7, 11) is 0. The Hall–Kier alpha value is -0.480. The molecular formula is C11H15Cl3N2O. The van der Waals surface area contributed by atoms with Crippen molar-refractivity contribution in [1.29, 1.82) is 0 Å². The molecule has 0 saturated heterocycles. The van der Waals surface area contributed by atoms with E-state index in [0.717, 1.165) is 13.1 Å². The molecular weight excluding hydrogens is 282 g/mol. The Morgan fingerprint density at radius 3 is 2.65 bits per heavy atom. The summed E-state index contributed by atoms with van der Waals surface area (Å²) in [6.45, 7) is 4.19. The summed E-state index contributed by atoms with van der Waals surface area (Å²) in [5.74, 6) is -0.203. The minimum atomic E-state index is -0.203. The molecule has 0 atom stereocenters. The molecule has 0 radical (unpaired) electrons. The lowest BCUT2D eigenvalue weighted by Gasteiger charge is -2.07. The first-order chi connectivity index (χ1) is 7.66. The number of benzene rings is 1. The number of nitrogens with one attached hydrogen (secondary N) is 2. The van der Waals surface area contributed by atoms with Crippen LogP contribution in [-0.2, 0) is 0 Å². The topological polar surface area (TPSA) is 41.1 Å². The summed E-state index contributed by atoms with van der Waals surface area (Å²) in [6, 6.07) is 5.00. The molecule has 96 valence electrons. The fraction of sp³-hybridized carbons (Fsp3) is 0.364. The molecule has 1 aromatic carbocycles. The van der Waals surface area contributed by atoms with E-state index >= 15 is 0 Å². The lowest BCUT2D eigenvalue weighted by molar-refractivity contribution is 0.0954. The number of rotatable bonds is 5. The van der Waals surface area contributed by atoms with Crippen LogP contribution in [0.2, 0.25) is 10.0 Å². The minimum Gasteiger partial charge on any atom is -0.351 e. The van der Waals surface area contributed by atoms with E-state index in [9.17, 15) is 4.79 Å². The van der Waals surface area contributed by atoms with Gasteiger partial charge in [0.15, 0.2) is 0 Å². The third kappa shape index (κ3) is 5.13. The second-order valence-electron chi connectivity index (χ2n) is 3.21. The van der Waals surface area contributed by atoms with Crippen LogP contribution in [0.25, 0.3) is 0 Å². The molecule has 0 aliphatic heterocycles. The molecule has 3 nitrogen and oxygen atoms in total. The van der Waals surface area contributed by atoms with Gasteiger partial charge in [-0.2, -0.15) is 0 Å². The SMILES string of the molecule is CCNCCNC(=O)c1cccc(Cl)c1Cl.Cl. The van der Waals surface area contributed by atoms with Crippen molar-refractivity contribution >= 4 is 41.5 Å². The molecule has 6 heteroatoms. The van der Waals surface area contributed by atoms with Gasteiger partial charge in [0.2, 0.25) is 0 Å².